The molecular weight excluding hydrogens is 394 g/mol. The van der Waals surface area contributed by atoms with E-state index in [-0.39, 0.29) is 18.0 Å². The lowest BCUT2D eigenvalue weighted by Gasteiger charge is -2.40. The summed E-state index contributed by atoms with van der Waals surface area (Å²) in [4.78, 5) is 19.5. The smallest absolute Gasteiger partial charge is 0.257 e. The van der Waals surface area contributed by atoms with Gasteiger partial charge in [-0.2, -0.15) is 0 Å². The van der Waals surface area contributed by atoms with Crippen molar-refractivity contribution in [1.29, 1.82) is 0 Å². The molecule has 2 heterocycles. The summed E-state index contributed by atoms with van der Waals surface area (Å²) in [5.74, 6) is 1.50. The highest BCUT2D eigenvalue weighted by atomic mass is 79.9. The van der Waals surface area contributed by atoms with Crippen LogP contribution >= 0.6 is 15.9 Å². The number of amides is 1. The number of aromatic nitrogens is 1. The van der Waals surface area contributed by atoms with Gasteiger partial charge < -0.3 is 15.0 Å². The molecule has 2 aromatic rings. The highest BCUT2D eigenvalue weighted by Gasteiger charge is 2.32. The van der Waals surface area contributed by atoms with Crippen LogP contribution in [0.4, 0.5) is 5.82 Å². The molecule has 1 saturated heterocycles. The summed E-state index contributed by atoms with van der Waals surface area (Å²) < 4.78 is 6.59. The van der Waals surface area contributed by atoms with Crippen molar-refractivity contribution in [2.75, 3.05) is 18.5 Å². The summed E-state index contributed by atoms with van der Waals surface area (Å²) in [5.41, 5.74) is 0.628. The Kier molecular flexibility index (Phi) is 6.14. The minimum atomic E-state index is 0.0248. The zero-order valence-corrected chi connectivity index (χ0v) is 16.7. The Morgan fingerprint density at radius 1 is 1.35 bits per heavy atom. The molecule has 0 saturated carbocycles. The largest absolute Gasteiger partial charge is 0.493 e. The van der Waals surface area contributed by atoms with Gasteiger partial charge in [0, 0.05) is 29.3 Å². The minimum Gasteiger partial charge on any atom is -0.493 e. The summed E-state index contributed by atoms with van der Waals surface area (Å²) in [6.07, 6.45) is 3.74. The van der Waals surface area contributed by atoms with Crippen LogP contribution in [-0.4, -0.2) is 41.0 Å². The molecule has 2 atom stereocenters. The lowest BCUT2D eigenvalue weighted by molar-refractivity contribution is 0.0612. The molecule has 26 heavy (non-hydrogen) atoms. The maximum absolute atomic E-state index is 13.1. The zero-order valence-electron chi connectivity index (χ0n) is 15.1. The third-order valence-electron chi connectivity index (χ3n) is 4.73. The van der Waals surface area contributed by atoms with E-state index in [1.165, 1.54) is 0 Å². The maximum Gasteiger partial charge on any atom is 0.257 e. The van der Waals surface area contributed by atoms with Crippen LogP contribution in [0, 0.1) is 0 Å². The molecule has 1 fully saturated rings. The number of nitrogens with zero attached hydrogens (tertiary/aromatic N) is 2. The van der Waals surface area contributed by atoms with Gasteiger partial charge in [-0.1, -0.05) is 12.1 Å². The van der Waals surface area contributed by atoms with E-state index < -0.39 is 0 Å². The number of halogens is 1. The first-order valence-electron chi connectivity index (χ1n) is 9.01. The summed E-state index contributed by atoms with van der Waals surface area (Å²) in [7, 11) is 0. The summed E-state index contributed by atoms with van der Waals surface area (Å²) in [6, 6.07) is 11.6. The molecule has 1 amide bonds. The van der Waals surface area contributed by atoms with Crippen LogP contribution in [0.15, 0.2) is 47.1 Å². The molecule has 0 radical (unpaired) electrons. The van der Waals surface area contributed by atoms with E-state index in [0.717, 1.165) is 29.7 Å². The average molecular weight is 418 g/mol. The van der Waals surface area contributed by atoms with Crippen LogP contribution in [-0.2, 0) is 0 Å². The second-order valence-electron chi connectivity index (χ2n) is 6.42. The second-order valence-corrected chi connectivity index (χ2v) is 7.34. The Morgan fingerprint density at radius 2 is 2.15 bits per heavy atom. The van der Waals surface area contributed by atoms with Crippen LogP contribution in [0.3, 0.4) is 0 Å². The molecule has 5 nitrogen and oxygen atoms in total. The highest BCUT2D eigenvalue weighted by Crippen LogP contribution is 2.26. The zero-order chi connectivity index (χ0) is 18.5. The molecular formula is C20H24BrN3O2. The number of hydrogen-bond acceptors (Lipinski definition) is 4. The molecule has 3 rings (SSSR count). The number of ether oxygens (including phenoxy) is 1. The van der Waals surface area contributed by atoms with Crippen molar-refractivity contribution in [2.24, 2.45) is 0 Å². The van der Waals surface area contributed by atoms with E-state index in [1.807, 2.05) is 48.2 Å². The van der Waals surface area contributed by atoms with Gasteiger partial charge in [0.1, 0.15) is 11.6 Å². The normalized spacial score (nSPS) is 19.9. The number of rotatable bonds is 5. The van der Waals surface area contributed by atoms with Crippen molar-refractivity contribution in [3.8, 4) is 5.75 Å². The van der Waals surface area contributed by atoms with Gasteiger partial charge in [-0.3, -0.25) is 4.79 Å². The number of carbonyl (C=O) groups is 1. The number of nitrogens with one attached hydrogen (secondary N) is 1. The highest BCUT2D eigenvalue weighted by molar-refractivity contribution is 9.10. The predicted octanol–water partition coefficient (Wildman–Crippen LogP) is 4.35. The molecule has 1 N–H and O–H groups in total. The fourth-order valence-electron chi connectivity index (χ4n) is 3.35. The van der Waals surface area contributed by atoms with E-state index in [0.29, 0.717) is 17.9 Å². The summed E-state index contributed by atoms with van der Waals surface area (Å²) >= 11 is 3.40. The van der Waals surface area contributed by atoms with E-state index in [4.69, 9.17) is 4.74 Å². The number of likely N-dealkylation sites (tertiary alicyclic amines) is 1. The van der Waals surface area contributed by atoms with Gasteiger partial charge in [-0.25, -0.2) is 4.98 Å². The molecule has 1 aromatic carbocycles. The Balaban J connectivity index is 1.75. The van der Waals surface area contributed by atoms with E-state index in [2.05, 4.69) is 33.2 Å². The van der Waals surface area contributed by atoms with Crippen LogP contribution in [0.2, 0.25) is 0 Å². The topological polar surface area (TPSA) is 54.5 Å². The number of pyridine rings is 1. The van der Waals surface area contributed by atoms with Crippen molar-refractivity contribution in [3.63, 3.8) is 0 Å². The van der Waals surface area contributed by atoms with Gasteiger partial charge in [0.25, 0.3) is 5.91 Å². The predicted molar refractivity (Wildman–Crippen MR) is 107 cm³/mol. The van der Waals surface area contributed by atoms with Gasteiger partial charge >= 0.3 is 0 Å². The summed E-state index contributed by atoms with van der Waals surface area (Å²) in [5, 5.41) is 3.48. The van der Waals surface area contributed by atoms with E-state index in [9.17, 15) is 4.79 Å². The molecule has 6 heteroatoms. The Morgan fingerprint density at radius 3 is 2.88 bits per heavy atom. The second kappa shape index (κ2) is 8.54. The number of piperidine rings is 1. The van der Waals surface area contributed by atoms with Crippen molar-refractivity contribution in [1.82, 2.24) is 9.88 Å². The molecule has 138 valence electrons. The maximum atomic E-state index is 13.1. The van der Waals surface area contributed by atoms with Gasteiger partial charge in [-0.05, 0) is 66.9 Å². The molecule has 1 aliphatic heterocycles. The SMILES string of the molecule is CCOc1ccccc1C(=O)N1CCC[C@@H](Nc2ccc(Br)cn2)[C@@H]1C. The first-order chi connectivity index (χ1) is 12.6. The van der Waals surface area contributed by atoms with Crippen LogP contribution < -0.4 is 10.1 Å². The lowest BCUT2D eigenvalue weighted by Crippen LogP contribution is -2.52. The standard InChI is InChI=1S/C20H24BrN3O2/c1-3-26-18-9-5-4-7-16(18)20(25)24-12-6-8-17(14(24)2)23-19-11-10-15(21)13-22-19/h4-5,7,9-11,13-14,17H,3,6,8,12H2,1-2H3,(H,22,23)/t14-,17+/m0/s1. The molecule has 0 spiro atoms. The van der Waals surface area contributed by atoms with Crippen LogP contribution in [0.25, 0.3) is 0 Å². The van der Waals surface area contributed by atoms with Gasteiger partial charge in [-0.15, -0.1) is 0 Å². The fraction of sp³-hybridized carbons (Fsp3) is 0.400. The number of carbonyl (C=O) groups excluding carboxylic acids is 1. The monoisotopic (exact) mass is 417 g/mol. The molecule has 0 aliphatic carbocycles. The third-order valence-corrected chi connectivity index (χ3v) is 5.20. The number of para-hydroxylation sites is 1. The first kappa shape index (κ1) is 18.7. The van der Waals surface area contributed by atoms with Crippen molar-refractivity contribution < 1.29 is 9.53 Å². The van der Waals surface area contributed by atoms with E-state index in [1.54, 1.807) is 6.20 Å². The average Bonchev–Trinajstić information content (AvgIpc) is 2.65. The van der Waals surface area contributed by atoms with Crippen molar-refractivity contribution >= 4 is 27.7 Å². The van der Waals surface area contributed by atoms with E-state index >= 15 is 0 Å². The minimum absolute atomic E-state index is 0.0248. The number of anilines is 1. The number of hydrogen-bond donors (Lipinski definition) is 1. The third kappa shape index (κ3) is 4.18. The Bertz CT molecular complexity index is 751. The van der Waals surface area contributed by atoms with Crippen LogP contribution in [0.5, 0.6) is 5.75 Å². The fourth-order valence-corrected chi connectivity index (χ4v) is 3.59. The van der Waals surface area contributed by atoms with Gasteiger partial charge in [0.05, 0.1) is 12.2 Å². The molecule has 0 bridgehead atoms. The molecule has 0 unspecified atom stereocenters. The molecule has 1 aromatic heterocycles. The van der Waals surface area contributed by atoms with Gasteiger partial charge in [0.15, 0.2) is 0 Å². The van der Waals surface area contributed by atoms with Crippen molar-refractivity contribution in [2.45, 2.75) is 38.8 Å². The number of benzene rings is 1. The Labute approximate surface area is 162 Å². The molecule has 1 aliphatic rings. The summed E-state index contributed by atoms with van der Waals surface area (Å²) in [6.45, 7) is 5.32. The lowest BCUT2D eigenvalue weighted by atomic mass is 9.96. The van der Waals surface area contributed by atoms with Crippen molar-refractivity contribution in [3.05, 3.63) is 52.6 Å². The first-order valence-corrected chi connectivity index (χ1v) is 9.80. The Hall–Kier alpha value is -2.08. The quantitative estimate of drug-likeness (QED) is 0.785. The van der Waals surface area contributed by atoms with Crippen LogP contribution in [0.1, 0.15) is 37.0 Å². The van der Waals surface area contributed by atoms with Gasteiger partial charge in [0.2, 0.25) is 0 Å².